The molecule has 0 aliphatic carbocycles. The molecule has 118 valence electrons. The highest BCUT2D eigenvalue weighted by Crippen LogP contribution is 2.24. The first kappa shape index (κ1) is 15.7. The maximum atomic E-state index is 13.1. The van der Waals surface area contributed by atoms with Gasteiger partial charge in [0.05, 0.1) is 11.6 Å². The molecule has 0 spiro atoms. The smallest absolute Gasteiger partial charge is 0.136 e. The van der Waals surface area contributed by atoms with Crippen LogP contribution < -0.4 is 0 Å². The first-order valence-electron chi connectivity index (χ1n) is 7.58. The van der Waals surface area contributed by atoms with Crippen molar-refractivity contribution in [3.05, 3.63) is 83.1 Å². The van der Waals surface area contributed by atoms with Crippen molar-refractivity contribution in [2.45, 2.75) is 13.8 Å². The Bertz CT molecular complexity index is 930. The summed E-state index contributed by atoms with van der Waals surface area (Å²) in [6, 6.07) is 15.9. The summed E-state index contributed by atoms with van der Waals surface area (Å²) in [7, 11) is 0. The average molecular weight is 317 g/mol. The van der Waals surface area contributed by atoms with Gasteiger partial charge in [-0.3, -0.25) is 0 Å². The van der Waals surface area contributed by atoms with Crippen molar-refractivity contribution < 1.29 is 4.39 Å². The molecule has 0 bridgehead atoms. The van der Waals surface area contributed by atoms with Gasteiger partial charge in [0, 0.05) is 17.6 Å². The zero-order chi connectivity index (χ0) is 17.1. The number of aryl methyl sites for hydroxylation is 1. The largest absolute Gasteiger partial charge is 0.303 e. The van der Waals surface area contributed by atoms with Gasteiger partial charge < -0.3 is 4.57 Å². The normalized spacial score (nSPS) is 11.3. The van der Waals surface area contributed by atoms with Crippen LogP contribution in [0.15, 0.2) is 54.7 Å². The fourth-order valence-corrected chi connectivity index (χ4v) is 2.74. The zero-order valence-electron chi connectivity index (χ0n) is 13.5. The molecule has 0 atom stereocenters. The van der Waals surface area contributed by atoms with Crippen LogP contribution in [0.5, 0.6) is 0 Å². The number of pyridine rings is 1. The second-order valence-corrected chi connectivity index (χ2v) is 5.53. The molecular weight excluding hydrogens is 301 g/mol. The Morgan fingerprint density at radius 2 is 1.92 bits per heavy atom. The Morgan fingerprint density at radius 3 is 2.54 bits per heavy atom. The summed E-state index contributed by atoms with van der Waals surface area (Å²) < 4.78 is 15.1. The minimum atomic E-state index is -0.315. The fraction of sp³-hybridized carbons (Fsp3) is 0.100. The molecule has 1 aromatic carbocycles. The maximum absolute atomic E-state index is 13.1. The lowest BCUT2D eigenvalue weighted by Crippen LogP contribution is -2.01. The number of nitriles is 1. The number of rotatable bonds is 3. The summed E-state index contributed by atoms with van der Waals surface area (Å²) in [6.45, 7) is 4.00. The summed E-state index contributed by atoms with van der Waals surface area (Å²) in [4.78, 5) is 4.39. The van der Waals surface area contributed by atoms with Crippen LogP contribution in [0.3, 0.4) is 0 Å². The molecule has 3 nitrogen and oxygen atoms in total. The SMILES string of the molecule is Cc1cc(/C=C(/C#N)c2ccc(F)cc2)c(C)n1-c1ccccn1. The molecule has 0 aliphatic rings. The highest BCUT2D eigenvalue weighted by atomic mass is 19.1. The summed E-state index contributed by atoms with van der Waals surface area (Å²) in [5.74, 6) is 0.525. The second kappa shape index (κ2) is 6.51. The van der Waals surface area contributed by atoms with Gasteiger partial charge >= 0.3 is 0 Å². The molecule has 3 aromatic rings. The minimum Gasteiger partial charge on any atom is -0.303 e. The van der Waals surface area contributed by atoms with E-state index < -0.39 is 0 Å². The molecule has 0 aliphatic heterocycles. The number of hydrogen-bond acceptors (Lipinski definition) is 2. The summed E-state index contributed by atoms with van der Waals surface area (Å²) >= 11 is 0. The second-order valence-electron chi connectivity index (χ2n) is 5.53. The van der Waals surface area contributed by atoms with Gasteiger partial charge in [-0.2, -0.15) is 5.26 Å². The number of hydrogen-bond donors (Lipinski definition) is 0. The summed E-state index contributed by atoms with van der Waals surface area (Å²) in [5.41, 5.74) is 4.17. The van der Waals surface area contributed by atoms with Gasteiger partial charge in [-0.25, -0.2) is 9.37 Å². The minimum absolute atomic E-state index is 0.315. The maximum Gasteiger partial charge on any atom is 0.136 e. The monoisotopic (exact) mass is 317 g/mol. The van der Waals surface area contributed by atoms with E-state index in [0.29, 0.717) is 11.1 Å². The van der Waals surface area contributed by atoms with Crippen LogP contribution in [-0.2, 0) is 0 Å². The molecule has 2 heterocycles. The first-order valence-corrected chi connectivity index (χ1v) is 7.58. The van der Waals surface area contributed by atoms with Crippen molar-refractivity contribution in [3.63, 3.8) is 0 Å². The molecule has 0 amide bonds. The van der Waals surface area contributed by atoms with Crippen LogP contribution in [0, 0.1) is 31.0 Å². The zero-order valence-corrected chi connectivity index (χ0v) is 13.5. The highest BCUT2D eigenvalue weighted by molar-refractivity contribution is 5.90. The van der Waals surface area contributed by atoms with Gasteiger partial charge in [-0.05, 0) is 61.4 Å². The van der Waals surface area contributed by atoms with Crippen LogP contribution >= 0.6 is 0 Å². The lowest BCUT2D eigenvalue weighted by molar-refractivity contribution is 0.627. The van der Waals surface area contributed by atoms with Crippen molar-refractivity contribution in [3.8, 4) is 11.9 Å². The van der Waals surface area contributed by atoms with Crippen molar-refractivity contribution in [1.82, 2.24) is 9.55 Å². The lowest BCUT2D eigenvalue weighted by atomic mass is 10.0. The fourth-order valence-electron chi connectivity index (χ4n) is 2.74. The van der Waals surface area contributed by atoms with Crippen LogP contribution in [0.1, 0.15) is 22.5 Å². The number of halogens is 1. The molecule has 2 aromatic heterocycles. The molecule has 0 unspecified atom stereocenters. The summed E-state index contributed by atoms with van der Waals surface area (Å²) in [5, 5.41) is 9.46. The summed E-state index contributed by atoms with van der Waals surface area (Å²) in [6.07, 6.45) is 3.58. The Labute approximate surface area is 140 Å². The van der Waals surface area contributed by atoms with Gasteiger partial charge in [0.15, 0.2) is 0 Å². The number of aromatic nitrogens is 2. The number of nitrogens with zero attached hydrogens (tertiary/aromatic N) is 3. The van der Waals surface area contributed by atoms with Gasteiger partial charge in [0.1, 0.15) is 11.6 Å². The van der Waals surface area contributed by atoms with Crippen LogP contribution in [0.25, 0.3) is 17.5 Å². The molecule has 0 saturated heterocycles. The van der Waals surface area contributed by atoms with E-state index in [2.05, 4.69) is 11.1 Å². The van der Waals surface area contributed by atoms with Crippen molar-refractivity contribution >= 4 is 11.6 Å². The lowest BCUT2D eigenvalue weighted by Gasteiger charge is -2.08. The van der Waals surface area contributed by atoms with E-state index in [1.165, 1.54) is 12.1 Å². The third-order valence-corrected chi connectivity index (χ3v) is 3.92. The van der Waals surface area contributed by atoms with E-state index in [1.54, 1.807) is 18.3 Å². The van der Waals surface area contributed by atoms with Crippen molar-refractivity contribution in [2.24, 2.45) is 0 Å². The van der Waals surface area contributed by atoms with Crippen LogP contribution in [0.4, 0.5) is 4.39 Å². The molecule has 0 saturated carbocycles. The first-order chi connectivity index (χ1) is 11.6. The van der Waals surface area contributed by atoms with E-state index in [1.807, 2.05) is 48.8 Å². The van der Waals surface area contributed by atoms with Crippen LogP contribution in [0.2, 0.25) is 0 Å². The molecule has 0 fully saturated rings. The van der Waals surface area contributed by atoms with Crippen molar-refractivity contribution in [1.29, 1.82) is 5.26 Å². The average Bonchev–Trinajstić information content (AvgIpc) is 2.88. The molecule has 0 N–H and O–H groups in total. The van der Waals surface area contributed by atoms with E-state index in [-0.39, 0.29) is 5.82 Å². The molecular formula is C20H16FN3. The van der Waals surface area contributed by atoms with E-state index in [0.717, 1.165) is 22.8 Å². The third-order valence-electron chi connectivity index (χ3n) is 3.92. The molecule has 24 heavy (non-hydrogen) atoms. The standard InChI is InChI=1S/C20H16FN3/c1-14-11-17(15(2)24(14)20-5-3-4-10-23-20)12-18(13-22)16-6-8-19(21)9-7-16/h3-12H,1-2H3/b18-12-. The van der Waals surface area contributed by atoms with Gasteiger partial charge in [0.2, 0.25) is 0 Å². The van der Waals surface area contributed by atoms with Crippen LogP contribution in [-0.4, -0.2) is 9.55 Å². The highest BCUT2D eigenvalue weighted by Gasteiger charge is 2.11. The van der Waals surface area contributed by atoms with Gasteiger partial charge in [-0.1, -0.05) is 18.2 Å². The molecule has 4 heteroatoms. The predicted molar refractivity (Wildman–Crippen MR) is 92.9 cm³/mol. The van der Waals surface area contributed by atoms with E-state index in [9.17, 15) is 9.65 Å². The Kier molecular flexibility index (Phi) is 4.26. The predicted octanol–water partition coefficient (Wildman–Crippen LogP) is 4.69. The topological polar surface area (TPSA) is 41.6 Å². The Hall–Kier alpha value is -3.19. The third kappa shape index (κ3) is 2.97. The Morgan fingerprint density at radius 1 is 1.17 bits per heavy atom. The molecule has 3 rings (SSSR count). The van der Waals surface area contributed by atoms with Gasteiger partial charge in [-0.15, -0.1) is 0 Å². The van der Waals surface area contributed by atoms with E-state index in [4.69, 9.17) is 0 Å². The van der Waals surface area contributed by atoms with E-state index >= 15 is 0 Å². The van der Waals surface area contributed by atoms with Crippen molar-refractivity contribution in [2.75, 3.05) is 0 Å². The number of benzene rings is 1. The quantitative estimate of drug-likeness (QED) is 0.657. The number of allylic oxidation sites excluding steroid dienone is 1. The van der Waals surface area contributed by atoms with Gasteiger partial charge in [0.25, 0.3) is 0 Å². The molecule has 0 radical (unpaired) electrons. The Balaban J connectivity index is 2.07.